The highest BCUT2D eigenvalue weighted by molar-refractivity contribution is 7.25. The van der Waals surface area contributed by atoms with E-state index >= 15 is 0 Å². The van der Waals surface area contributed by atoms with E-state index in [4.69, 9.17) is 16.6 Å². The highest BCUT2D eigenvalue weighted by Crippen LogP contribution is 2.42. The van der Waals surface area contributed by atoms with Crippen LogP contribution < -0.4 is 10.5 Å². The van der Waals surface area contributed by atoms with Gasteiger partial charge in [0.2, 0.25) is 5.95 Å². The third kappa shape index (κ3) is 4.04. The van der Waals surface area contributed by atoms with Crippen molar-refractivity contribution in [1.82, 2.24) is 19.7 Å². The molecule has 3 aromatic heterocycles. The lowest BCUT2D eigenvalue weighted by molar-refractivity contribution is 0.788. The Morgan fingerprint density at radius 2 is 1.47 bits per heavy atom. The zero-order valence-electron chi connectivity index (χ0n) is 20.9. The molecule has 3 aromatic carbocycles. The molecule has 0 spiro atoms. The predicted molar refractivity (Wildman–Crippen MR) is 158 cm³/mol. The number of anilines is 1. The molecule has 0 saturated heterocycles. The van der Waals surface area contributed by atoms with Crippen LogP contribution in [0.25, 0.3) is 48.5 Å². The highest BCUT2D eigenvalue weighted by atomic mass is 35.5. The number of halogens is 1. The van der Waals surface area contributed by atoms with Crippen molar-refractivity contribution in [3.05, 3.63) is 100 Å². The molecule has 8 heteroatoms. The Balaban J connectivity index is 1.76. The van der Waals surface area contributed by atoms with Gasteiger partial charge in [0, 0.05) is 34.6 Å². The molecule has 38 heavy (non-hydrogen) atoms. The van der Waals surface area contributed by atoms with Crippen LogP contribution in [0.4, 0.5) is 5.95 Å². The third-order valence-electron chi connectivity index (χ3n) is 6.64. The summed E-state index contributed by atoms with van der Waals surface area (Å²) in [5, 5.41) is 10.7. The van der Waals surface area contributed by atoms with Crippen molar-refractivity contribution in [3.63, 3.8) is 0 Å². The summed E-state index contributed by atoms with van der Waals surface area (Å²) in [5.41, 5.74) is 4.87. The lowest BCUT2D eigenvalue weighted by Crippen LogP contribution is -2.31. The molecule has 0 unspecified atom stereocenters. The summed E-state index contributed by atoms with van der Waals surface area (Å²) in [4.78, 5) is 22.1. The topological polar surface area (TPSA) is 63.9 Å². The summed E-state index contributed by atoms with van der Waals surface area (Å²) in [6, 6.07) is 27.4. The van der Waals surface area contributed by atoms with E-state index < -0.39 is 0 Å². The summed E-state index contributed by atoms with van der Waals surface area (Å²) in [6.45, 7) is 5.52. The van der Waals surface area contributed by atoms with Crippen LogP contribution in [0.2, 0.25) is 5.02 Å². The summed E-state index contributed by atoms with van der Waals surface area (Å²) < 4.78 is 2.22. The van der Waals surface area contributed by atoms with Gasteiger partial charge in [-0.25, -0.2) is 9.55 Å². The number of fused-ring (bicyclic) bond motifs is 3. The van der Waals surface area contributed by atoms with E-state index in [1.807, 2.05) is 60.7 Å². The zero-order valence-corrected chi connectivity index (χ0v) is 22.5. The Kier molecular flexibility index (Phi) is 6.39. The van der Waals surface area contributed by atoms with Gasteiger partial charge in [0.25, 0.3) is 5.56 Å². The van der Waals surface area contributed by atoms with Crippen molar-refractivity contribution in [2.45, 2.75) is 13.8 Å². The van der Waals surface area contributed by atoms with Crippen LogP contribution in [-0.2, 0) is 0 Å². The van der Waals surface area contributed by atoms with Gasteiger partial charge >= 0.3 is 0 Å². The first-order chi connectivity index (χ1) is 18.6. The minimum Gasteiger partial charge on any atom is -0.342 e. The van der Waals surface area contributed by atoms with Gasteiger partial charge < -0.3 is 4.90 Å². The van der Waals surface area contributed by atoms with Gasteiger partial charge in [-0.15, -0.1) is 21.5 Å². The largest absolute Gasteiger partial charge is 0.342 e. The van der Waals surface area contributed by atoms with Crippen LogP contribution in [0.15, 0.2) is 89.7 Å². The Bertz CT molecular complexity index is 1810. The number of aromatic nitrogens is 4. The van der Waals surface area contributed by atoms with E-state index in [0.29, 0.717) is 44.8 Å². The van der Waals surface area contributed by atoms with Gasteiger partial charge in [-0.05, 0) is 43.7 Å². The van der Waals surface area contributed by atoms with Crippen molar-refractivity contribution in [3.8, 4) is 28.1 Å². The summed E-state index contributed by atoms with van der Waals surface area (Å²) in [7, 11) is 0. The van der Waals surface area contributed by atoms with Gasteiger partial charge in [-0.2, -0.15) is 0 Å². The maximum Gasteiger partial charge on any atom is 0.277 e. The molecule has 0 fully saturated rings. The molecule has 0 atom stereocenters. The first-order valence-electron chi connectivity index (χ1n) is 12.5. The first kappa shape index (κ1) is 24.3. The number of hydrogen-bond acceptors (Lipinski definition) is 6. The number of thiophene rings is 1. The molecule has 6 nitrogen and oxygen atoms in total. The Morgan fingerprint density at radius 3 is 2.11 bits per heavy atom. The summed E-state index contributed by atoms with van der Waals surface area (Å²) in [5.74, 6) is 0.589. The molecular weight excluding hydrogens is 514 g/mol. The van der Waals surface area contributed by atoms with Crippen molar-refractivity contribution < 1.29 is 0 Å². The van der Waals surface area contributed by atoms with Crippen LogP contribution in [0.3, 0.4) is 0 Å². The molecule has 0 aliphatic carbocycles. The first-order valence-corrected chi connectivity index (χ1v) is 13.7. The van der Waals surface area contributed by atoms with Gasteiger partial charge in [0.1, 0.15) is 20.7 Å². The fraction of sp³-hybridized carbons (Fsp3) is 0.133. The van der Waals surface area contributed by atoms with Gasteiger partial charge in [0.05, 0.1) is 5.69 Å². The molecule has 0 aliphatic heterocycles. The maximum atomic E-state index is 14.2. The second kappa shape index (κ2) is 10.0. The summed E-state index contributed by atoms with van der Waals surface area (Å²) in [6.07, 6.45) is 0. The van der Waals surface area contributed by atoms with Crippen molar-refractivity contribution in [2.24, 2.45) is 0 Å². The van der Waals surface area contributed by atoms with Crippen LogP contribution in [0.5, 0.6) is 0 Å². The van der Waals surface area contributed by atoms with Crippen LogP contribution in [0.1, 0.15) is 13.8 Å². The molecule has 6 aromatic rings. The molecule has 3 heterocycles. The number of benzene rings is 3. The molecule has 0 N–H and O–H groups in total. The minimum atomic E-state index is -0.137. The highest BCUT2D eigenvalue weighted by Gasteiger charge is 2.25. The number of nitrogens with zero attached hydrogens (tertiary/aromatic N) is 5. The van der Waals surface area contributed by atoms with E-state index in [1.165, 1.54) is 11.3 Å². The standard InChI is InChI=1S/C30H24ClN5OS/c1-3-35(4-2)30-32-26-24-23(19-11-7-5-8-12-19)25(20-13-9-6-10-14-20)33-34-28(24)38-27(26)29(37)36(30)22-17-15-21(31)16-18-22/h5-18H,3-4H2,1-2H3. The van der Waals surface area contributed by atoms with Crippen molar-refractivity contribution in [2.75, 3.05) is 18.0 Å². The molecule has 188 valence electrons. The molecule has 6 rings (SSSR count). The fourth-order valence-electron chi connectivity index (χ4n) is 4.79. The predicted octanol–water partition coefficient (Wildman–Crippen LogP) is 7.22. The number of hydrogen-bond donors (Lipinski definition) is 0. The second-order valence-electron chi connectivity index (χ2n) is 8.82. The molecular formula is C30H24ClN5OS. The average Bonchev–Trinajstić information content (AvgIpc) is 3.34. The monoisotopic (exact) mass is 537 g/mol. The van der Waals surface area contributed by atoms with E-state index in [0.717, 1.165) is 27.8 Å². The van der Waals surface area contributed by atoms with Crippen LogP contribution >= 0.6 is 22.9 Å². The maximum absolute atomic E-state index is 14.2. The van der Waals surface area contributed by atoms with Gasteiger partial charge in [-0.1, -0.05) is 72.3 Å². The second-order valence-corrected chi connectivity index (χ2v) is 10.3. The SMILES string of the molecule is CCN(CC)c1nc2c(sc3nnc(-c4ccccc4)c(-c4ccccc4)c32)c(=O)n1-c1ccc(Cl)cc1. The molecule has 0 saturated carbocycles. The fourth-order valence-corrected chi connectivity index (χ4v) is 5.91. The molecule has 0 bridgehead atoms. The van der Waals surface area contributed by atoms with Gasteiger partial charge in [-0.3, -0.25) is 4.79 Å². The quantitative estimate of drug-likeness (QED) is 0.224. The van der Waals surface area contributed by atoms with E-state index in [2.05, 4.69) is 41.1 Å². The van der Waals surface area contributed by atoms with Crippen LogP contribution in [0, 0.1) is 0 Å². The molecule has 0 aliphatic rings. The lowest BCUT2D eigenvalue weighted by Gasteiger charge is -2.23. The van der Waals surface area contributed by atoms with E-state index in [-0.39, 0.29) is 5.56 Å². The van der Waals surface area contributed by atoms with Gasteiger partial charge in [0.15, 0.2) is 0 Å². The normalized spacial score (nSPS) is 11.3. The Morgan fingerprint density at radius 1 is 0.842 bits per heavy atom. The average molecular weight is 538 g/mol. The Hall–Kier alpha value is -4.07. The number of rotatable bonds is 6. The smallest absolute Gasteiger partial charge is 0.277 e. The summed E-state index contributed by atoms with van der Waals surface area (Å²) >= 11 is 7.49. The minimum absolute atomic E-state index is 0.137. The Labute approximate surface area is 228 Å². The zero-order chi connectivity index (χ0) is 26.2. The van der Waals surface area contributed by atoms with Crippen molar-refractivity contribution in [1.29, 1.82) is 0 Å². The third-order valence-corrected chi connectivity index (χ3v) is 7.95. The molecule has 0 radical (unpaired) electrons. The van der Waals surface area contributed by atoms with E-state index in [9.17, 15) is 4.79 Å². The van der Waals surface area contributed by atoms with E-state index in [1.54, 1.807) is 16.7 Å². The van der Waals surface area contributed by atoms with Crippen molar-refractivity contribution >= 4 is 49.3 Å². The lowest BCUT2D eigenvalue weighted by atomic mass is 9.97. The van der Waals surface area contributed by atoms with Crippen LogP contribution in [-0.4, -0.2) is 32.8 Å². The molecule has 0 amide bonds.